The summed E-state index contributed by atoms with van der Waals surface area (Å²) < 4.78 is 14.2. The lowest BCUT2D eigenvalue weighted by Crippen LogP contribution is -2.36. The Hall–Kier alpha value is -3.72. The van der Waals surface area contributed by atoms with Crippen molar-refractivity contribution in [2.24, 2.45) is 5.92 Å². The molecule has 2 saturated heterocycles. The molecule has 0 atom stereocenters. The second-order valence-corrected chi connectivity index (χ2v) is 11.3. The number of piperidine rings is 1. The number of carbonyl (C=O) groups is 1. The predicted molar refractivity (Wildman–Crippen MR) is 158 cm³/mol. The van der Waals surface area contributed by atoms with E-state index in [4.69, 9.17) is 9.15 Å². The Morgan fingerprint density at radius 3 is 2.51 bits per heavy atom. The summed E-state index contributed by atoms with van der Waals surface area (Å²) in [6, 6.07) is 19.8. The fourth-order valence-electron chi connectivity index (χ4n) is 5.73. The molecule has 5 aromatic rings. The van der Waals surface area contributed by atoms with Crippen molar-refractivity contribution in [3.8, 4) is 11.1 Å². The van der Waals surface area contributed by atoms with Gasteiger partial charge < -0.3 is 24.7 Å². The molecule has 198 valence electrons. The summed E-state index contributed by atoms with van der Waals surface area (Å²) in [6.45, 7) is 4.39. The monoisotopic (exact) mass is 539 g/mol. The van der Waals surface area contributed by atoms with Crippen molar-refractivity contribution in [3.63, 3.8) is 0 Å². The fourth-order valence-corrected chi connectivity index (χ4v) is 6.94. The van der Waals surface area contributed by atoms with E-state index in [2.05, 4.69) is 39.8 Å². The highest BCUT2D eigenvalue weighted by molar-refractivity contribution is 7.26. The van der Waals surface area contributed by atoms with Gasteiger partial charge in [-0.3, -0.25) is 9.59 Å². The minimum atomic E-state index is -0.0442. The molecule has 7 nitrogen and oxygen atoms in total. The highest BCUT2D eigenvalue weighted by Gasteiger charge is 2.22. The van der Waals surface area contributed by atoms with Crippen LogP contribution in [0.5, 0.6) is 0 Å². The predicted octanol–water partition coefficient (Wildman–Crippen LogP) is 5.60. The Morgan fingerprint density at radius 2 is 1.69 bits per heavy atom. The number of nitrogens with one attached hydrogen (secondary N) is 2. The zero-order valence-electron chi connectivity index (χ0n) is 21.5. The van der Waals surface area contributed by atoms with Gasteiger partial charge in [-0.05, 0) is 50.2 Å². The SMILES string of the molecule is O=C(Nc1ccc2sc3c(-c4cccc5c(=O)cc(N6CCOCC6)oc45)cccc3c2c1)C1CCNCC1. The molecule has 0 aliphatic carbocycles. The van der Waals surface area contributed by atoms with Crippen LogP contribution >= 0.6 is 11.3 Å². The van der Waals surface area contributed by atoms with Crippen LogP contribution in [0.2, 0.25) is 0 Å². The fraction of sp³-hybridized carbons (Fsp3) is 0.290. The molecule has 8 heteroatoms. The third kappa shape index (κ3) is 4.48. The number of ether oxygens (including phenoxy) is 1. The number of fused-ring (bicyclic) bond motifs is 4. The molecule has 2 fully saturated rings. The van der Waals surface area contributed by atoms with Gasteiger partial charge in [0.2, 0.25) is 5.91 Å². The van der Waals surface area contributed by atoms with Crippen LogP contribution in [0.4, 0.5) is 11.6 Å². The normalized spacial score (nSPS) is 16.8. The maximum atomic E-state index is 13.1. The van der Waals surface area contributed by atoms with Gasteiger partial charge in [0.1, 0.15) is 5.58 Å². The maximum absolute atomic E-state index is 13.1. The number of nitrogens with zero attached hydrogens (tertiary/aromatic N) is 1. The van der Waals surface area contributed by atoms with Crippen LogP contribution in [0.3, 0.4) is 0 Å². The molecule has 2 aliphatic rings. The Bertz CT molecular complexity index is 1760. The zero-order valence-corrected chi connectivity index (χ0v) is 22.3. The number of benzene rings is 3. The average Bonchev–Trinajstić information content (AvgIpc) is 3.36. The van der Waals surface area contributed by atoms with Gasteiger partial charge in [0, 0.05) is 62.1 Å². The van der Waals surface area contributed by atoms with E-state index in [9.17, 15) is 9.59 Å². The van der Waals surface area contributed by atoms with E-state index < -0.39 is 0 Å². The van der Waals surface area contributed by atoms with Crippen LogP contribution in [-0.2, 0) is 9.53 Å². The number of amides is 1. The Morgan fingerprint density at radius 1 is 0.923 bits per heavy atom. The van der Waals surface area contributed by atoms with Crippen LogP contribution in [0.15, 0.2) is 69.9 Å². The molecule has 2 aliphatic heterocycles. The lowest BCUT2D eigenvalue weighted by molar-refractivity contribution is -0.120. The van der Waals surface area contributed by atoms with Crippen LogP contribution in [0, 0.1) is 5.92 Å². The number of morpholine rings is 1. The summed E-state index contributed by atoms with van der Waals surface area (Å²) in [5.74, 6) is 0.731. The largest absolute Gasteiger partial charge is 0.440 e. The van der Waals surface area contributed by atoms with Crippen molar-refractivity contribution in [3.05, 3.63) is 70.9 Å². The first-order valence-electron chi connectivity index (χ1n) is 13.5. The van der Waals surface area contributed by atoms with Crippen molar-refractivity contribution in [2.45, 2.75) is 12.8 Å². The summed E-state index contributed by atoms with van der Waals surface area (Å²) in [6.07, 6.45) is 1.74. The van der Waals surface area contributed by atoms with Gasteiger partial charge in [-0.25, -0.2) is 0 Å². The summed E-state index contributed by atoms with van der Waals surface area (Å²) >= 11 is 1.72. The second-order valence-electron chi connectivity index (χ2n) is 10.2. The Balaban J connectivity index is 1.31. The smallest absolute Gasteiger partial charge is 0.227 e. The molecule has 0 radical (unpaired) electrons. The number of hydrogen-bond donors (Lipinski definition) is 2. The number of para-hydroxylation sites is 1. The molecule has 39 heavy (non-hydrogen) atoms. The van der Waals surface area contributed by atoms with E-state index >= 15 is 0 Å². The summed E-state index contributed by atoms with van der Waals surface area (Å²) in [7, 11) is 0. The van der Waals surface area contributed by atoms with Crippen LogP contribution in [0.25, 0.3) is 42.3 Å². The summed E-state index contributed by atoms with van der Waals surface area (Å²) in [5, 5.41) is 9.26. The van der Waals surface area contributed by atoms with Crippen molar-refractivity contribution in [2.75, 3.05) is 49.6 Å². The molecule has 0 saturated carbocycles. The Labute approximate surface area is 229 Å². The molecule has 7 rings (SSSR count). The van der Waals surface area contributed by atoms with Gasteiger partial charge in [-0.2, -0.15) is 0 Å². The van der Waals surface area contributed by atoms with Gasteiger partial charge in [0.25, 0.3) is 0 Å². The standard InChI is InChI=1S/C31H29N3O4S/c35-26-18-28(34-13-15-37-16-14-34)38-29-21(3-1-6-24(26)29)22-4-2-5-23-25-17-20(7-8-27(25)39-30(22)23)33-31(36)19-9-11-32-12-10-19/h1-8,17-19,32H,9-16H2,(H,33,36). The van der Waals surface area contributed by atoms with E-state index in [-0.39, 0.29) is 17.3 Å². The number of carbonyl (C=O) groups excluding carboxylic acids is 1. The topological polar surface area (TPSA) is 83.8 Å². The molecule has 1 amide bonds. The molecule has 4 heterocycles. The van der Waals surface area contributed by atoms with Gasteiger partial charge in [0.15, 0.2) is 11.3 Å². The van der Waals surface area contributed by atoms with E-state index in [1.165, 1.54) is 0 Å². The van der Waals surface area contributed by atoms with E-state index in [1.807, 2.05) is 30.3 Å². The first-order chi connectivity index (χ1) is 19.2. The molecule has 3 aromatic carbocycles. The summed E-state index contributed by atoms with van der Waals surface area (Å²) in [5.41, 5.74) is 3.31. The second kappa shape index (κ2) is 10.1. The number of thiophene rings is 1. The van der Waals surface area contributed by atoms with Crippen LogP contribution in [0.1, 0.15) is 12.8 Å². The van der Waals surface area contributed by atoms with Gasteiger partial charge in [0.05, 0.1) is 18.6 Å². The van der Waals surface area contributed by atoms with Crippen molar-refractivity contribution in [1.82, 2.24) is 5.32 Å². The third-order valence-electron chi connectivity index (χ3n) is 7.83. The van der Waals surface area contributed by atoms with Crippen LogP contribution in [-0.4, -0.2) is 45.3 Å². The quantitative estimate of drug-likeness (QED) is 0.309. The van der Waals surface area contributed by atoms with Crippen molar-refractivity contribution >= 4 is 60.0 Å². The minimum absolute atomic E-state index is 0.0442. The molecular formula is C31H29N3O4S. The molecule has 2 N–H and O–H groups in total. The Kier molecular flexibility index (Phi) is 6.31. The lowest BCUT2D eigenvalue weighted by atomic mass is 9.97. The van der Waals surface area contributed by atoms with Crippen molar-refractivity contribution < 1.29 is 13.9 Å². The lowest BCUT2D eigenvalue weighted by Gasteiger charge is -2.27. The molecule has 0 spiro atoms. The average molecular weight is 540 g/mol. The number of hydrogen-bond acceptors (Lipinski definition) is 7. The van der Waals surface area contributed by atoms with E-state index in [0.29, 0.717) is 43.2 Å². The highest BCUT2D eigenvalue weighted by atomic mass is 32.1. The number of rotatable bonds is 4. The van der Waals surface area contributed by atoms with Gasteiger partial charge in [-0.1, -0.05) is 30.3 Å². The molecule has 0 unspecified atom stereocenters. The van der Waals surface area contributed by atoms with E-state index in [0.717, 1.165) is 62.9 Å². The summed E-state index contributed by atoms with van der Waals surface area (Å²) in [4.78, 5) is 28.0. The first kappa shape index (κ1) is 24.3. The molecular weight excluding hydrogens is 510 g/mol. The van der Waals surface area contributed by atoms with E-state index in [1.54, 1.807) is 17.4 Å². The van der Waals surface area contributed by atoms with Gasteiger partial charge in [-0.15, -0.1) is 11.3 Å². The maximum Gasteiger partial charge on any atom is 0.227 e. The highest BCUT2D eigenvalue weighted by Crippen LogP contribution is 2.42. The minimum Gasteiger partial charge on any atom is -0.440 e. The van der Waals surface area contributed by atoms with Crippen LogP contribution < -0.4 is 21.0 Å². The molecule has 2 aromatic heterocycles. The van der Waals surface area contributed by atoms with Crippen molar-refractivity contribution in [1.29, 1.82) is 0 Å². The first-order valence-corrected chi connectivity index (χ1v) is 14.3. The third-order valence-corrected chi connectivity index (χ3v) is 9.05. The zero-order chi connectivity index (χ0) is 26.3. The molecule has 0 bridgehead atoms. The number of anilines is 2. The van der Waals surface area contributed by atoms with Gasteiger partial charge >= 0.3 is 0 Å².